The summed E-state index contributed by atoms with van der Waals surface area (Å²) in [6, 6.07) is 24.3. The number of benzene rings is 3. The lowest BCUT2D eigenvalue weighted by atomic mass is 9.95. The van der Waals surface area contributed by atoms with E-state index in [-0.39, 0.29) is 11.5 Å². The van der Waals surface area contributed by atoms with Crippen molar-refractivity contribution in [2.75, 3.05) is 12.4 Å². The van der Waals surface area contributed by atoms with E-state index in [1.165, 1.54) is 11.3 Å². The Morgan fingerprint density at radius 3 is 2.50 bits per heavy atom. The first kappa shape index (κ1) is 25.6. The van der Waals surface area contributed by atoms with E-state index in [1.54, 1.807) is 11.7 Å². The van der Waals surface area contributed by atoms with Gasteiger partial charge in [-0.3, -0.25) is 14.2 Å². The largest absolute Gasteiger partial charge is 0.497 e. The third kappa shape index (κ3) is 4.46. The van der Waals surface area contributed by atoms with Crippen LogP contribution in [0.4, 0.5) is 5.69 Å². The Bertz CT molecular complexity index is 1950. The van der Waals surface area contributed by atoms with Crippen molar-refractivity contribution in [2.45, 2.75) is 26.4 Å². The van der Waals surface area contributed by atoms with Gasteiger partial charge in [0, 0.05) is 34.9 Å². The highest BCUT2D eigenvalue weighted by molar-refractivity contribution is 7.07. The van der Waals surface area contributed by atoms with Crippen molar-refractivity contribution in [3.8, 4) is 5.75 Å². The van der Waals surface area contributed by atoms with Crippen LogP contribution < -0.4 is 24.9 Å². The Hall–Kier alpha value is -4.69. The van der Waals surface area contributed by atoms with Crippen molar-refractivity contribution in [1.82, 2.24) is 9.13 Å². The molecule has 1 atom stereocenters. The predicted molar refractivity (Wildman–Crippen MR) is 159 cm³/mol. The van der Waals surface area contributed by atoms with Crippen molar-refractivity contribution in [3.63, 3.8) is 0 Å². The zero-order chi connectivity index (χ0) is 27.8. The molecule has 0 saturated heterocycles. The summed E-state index contributed by atoms with van der Waals surface area (Å²) in [5, 5.41) is 4.07. The van der Waals surface area contributed by atoms with E-state index in [0.717, 1.165) is 28.6 Å². The molecule has 200 valence electrons. The average Bonchev–Trinajstić information content (AvgIpc) is 3.49. The standard InChI is InChI=1S/C32H28N4O3S/c1-4-35-19-22(25-12-8-9-13-26(25)35)18-27-31(38)36-29(21-14-16-24(39-3)17-15-21)28(20(2)33-32(36)40-27)30(37)34-23-10-6-5-7-11-23/h5-19,29H,4H2,1-3H3,(H,34,37)/b27-18+/t29-/m0/s1. The first-order valence-electron chi connectivity index (χ1n) is 13.1. The second-order valence-electron chi connectivity index (χ2n) is 9.56. The Morgan fingerprint density at radius 1 is 1.05 bits per heavy atom. The second-order valence-corrected chi connectivity index (χ2v) is 10.6. The minimum absolute atomic E-state index is 0.185. The van der Waals surface area contributed by atoms with Gasteiger partial charge in [-0.25, -0.2) is 4.99 Å². The molecule has 40 heavy (non-hydrogen) atoms. The average molecular weight is 549 g/mol. The van der Waals surface area contributed by atoms with Gasteiger partial charge in [-0.1, -0.05) is 59.9 Å². The van der Waals surface area contributed by atoms with E-state index in [9.17, 15) is 9.59 Å². The molecule has 5 aromatic rings. The SMILES string of the molecule is CCn1cc(/C=c2/sc3n(c2=O)[C@@H](c2ccc(OC)cc2)C(C(=O)Nc2ccccc2)=C(C)N=3)c2ccccc21. The lowest BCUT2D eigenvalue weighted by Crippen LogP contribution is -2.40. The Labute approximate surface area is 235 Å². The molecule has 2 aromatic heterocycles. The van der Waals surface area contributed by atoms with E-state index in [4.69, 9.17) is 9.73 Å². The van der Waals surface area contributed by atoms with Crippen LogP contribution in [-0.2, 0) is 11.3 Å². The summed E-state index contributed by atoms with van der Waals surface area (Å²) in [5.74, 6) is 0.396. The Kier molecular flexibility index (Phi) is 6.69. The number of fused-ring (bicyclic) bond motifs is 2. The normalized spacial score (nSPS) is 15.2. The van der Waals surface area contributed by atoms with Crippen molar-refractivity contribution in [2.24, 2.45) is 4.99 Å². The van der Waals surface area contributed by atoms with Gasteiger partial charge in [0.05, 0.1) is 29.0 Å². The zero-order valence-corrected chi connectivity index (χ0v) is 23.2. The summed E-state index contributed by atoms with van der Waals surface area (Å²) in [7, 11) is 1.61. The predicted octanol–water partition coefficient (Wildman–Crippen LogP) is 4.86. The molecule has 0 saturated carbocycles. The molecule has 3 aromatic carbocycles. The van der Waals surface area contributed by atoms with Crippen LogP contribution in [0, 0.1) is 0 Å². The lowest BCUT2D eigenvalue weighted by Gasteiger charge is -2.25. The minimum Gasteiger partial charge on any atom is -0.497 e. The molecule has 0 bridgehead atoms. The molecular formula is C32H28N4O3S. The first-order chi connectivity index (χ1) is 19.5. The van der Waals surface area contributed by atoms with Gasteiger partial charge in [0.2, 0.25) is 0 Å². The summed E-state index contributed by atoms with van der Waals surface area (Å²) in [4.78, 5) is 33.1. The molecule has 1 aliphatic rings. The maximum absolute atomic E-state index is 14.1. The van der Waals surface area contributed by atoms with Gasteiger partial charge in [0.25, 0.3) is 11.5 Å². The number of hydrogen-bond donors (Lipinski definition) is 1. The van der Waals surface area contributed by atoms with Gasteiger partial charge >= 0.3 is 0 Å². The summed E-state index contributed by atoms with van der Waals surface area (Å²) >= 11 is 1.34. The lowest BCUT2D eigenvalue weighted by molar-refractivity contribution is -0.113. The van der Waals surface area contributed by atoms with E-state index in [2.05, 4.69) is 35.1 Å². The number of nitrogens with zero attached hydrogens (tertiary/aromatic N) is 3. The molecule has 0 fully saturated rings. The van der Waals surface area contributed by atoms with Gasteiger partial charge in [-0.05, 0) is 55.8 Å². The molecule has 8 heteroatoms. The fourth-order valence-electron chi connectivity index (χ4n) is 5.23. The van der Waals surface area contributed by atoms with Crippen LogP contribution in [-0.4, -0.2) is 22.2 Å². The fourth-order valence-corrected chi connectivity index (χ4v) is 6.26. The number of nitrogens with one attached hydrogen (secondary N) is 1. The zero-order valence-electron chi connectivity index (χ0n) is 22.4. The summed E-state index contributed by atoms with van der Waals surface area (Å²) in [5.41, 5.74) is 4.38. The number of thiazole rings is 1. The number of rotatable bonds is 6. The number of carbonyl (C=O) groups is 1. The molecule has 1 N–H and O–H groups in total. The molecule has 6 rings (SSSR count). The van der Waals surface area contributed by atoms with Crippen molar-refractivity contribution < 1.29 is 9.53 Å². The highest BCUT2D eigenvalue weighted by Crippen LogP contribution is 2.32. The maximum Gasteiger partial charge on any atom is 0.271 e. The van der Waals surface area contributed by atoms with E-state index in [0.29, 0.717) is 32.0 Å². The van der Waals surface area contributed by atoms with Gasteiger partial charge in [0.1, 0.15) is 5.75 Å². The highest BCUT2D eigenvalue weighted by atomic mass is 32.1. The highest BCUT2D eigenvalue weighted by Gasteiger charge is 2.32. The number of amides is 1. The van der Waals surface area contributed by atoms with Crippen LogP contribution in [0.1, 0.15) is 31.0 Å². The maximum atomic E-state index is 14.1. The van der Waals surface area contributed by atoms with E-state index in [1.807, 2.05) is 79.7 Å². The molecule has 0 radical (unpaired) electrons. The quantitative estimate of drug-likeness (QED) is 0.329. The van der Waals surface area contributed by atoms with Crippen LogP contribution in [0.3, 0.4) is 0 Å². The van der Waals surface area contributed by atoms with Gasteiger partial charge < -0.3 is 14.6 Å². The number of aryl methyl sites for hydroxylation is 1. The molecular weight excluding hydrogens is 520 g/mol. The summed E-state index contributed by atoms with van der Waals surface area (Å²) in [6.07, 6.45) is 4.01. The molecule has 1 amide bonds. The third-order valence-electron chi connectivity index (χ3n) is 7.18. The number of para-hydroxylation sites is 2. The minimum atomic E-state index is -0.648. The Balaban J connectivity index is 1.53. The molecule has 0 unspecified atom stereocenters. The molecule has 1 aliphatic heterocycles. The smallest absolute Gasteiger partial charge is 0.271 e. The molecule has 0 spiro atoms. The van der Waals surface area contributed by atoms with Crippen LogP contribution in [0.25, 0.3) is 17.0 Å². The van der Waals surface area contributed by atoms with E-state index < -0.39 is 6.04 Å². The van der Waals surface area contributed by atoms with Gasteiger partial charge in [0.15, 0.2) is 4.80 Å². The Morgan fingerprint density at radius 2 is 1.77 bits per heavy atom. The topological polar surface area (TPSA) is 77.6 Å². The first-order valence-corrected chi connectivity index (χ1v) is 13.9. The molecule has 0 aliphatic carbocycles. The number of methoxy groups -OCH3 is 1. The van der Waals surface area contributed by atoms with Crippen molar-refractivity contribution in [3.05, 3.63) is 127 Å². The second kappa shape index (κ2) is 10.5. The van der Waals surface area contributed by atoms with Gasteiger partial charge in [-0.2, -0.15) is 0 Å². The van der Waals surface area contributed by atoms with Crippen molar-refractivity contribution >= 4 is 39.9 Å². The fraction of sp³-hybridized carbons (Fsp3) is 0.156. The van der Waals surface area contributed by atoms with Gasteiger partial charge in [-0.15, -0.1) is 0 Å². The number of anilines is 1. The van der Waals surface area contributed by atoms with Crippen LogP contribution in [0.2, 0.25) is 0 Å². The van der Waals surface area contributed by atoms with Crippen molar-refractivity contribution in [1.29, 1.82) is 0 Å². The van der Waals surface area contributed by atoms with Crippen LogP contribution in [0.5, 0.6) is 5.75 Å². The number of carbonyl (C=O) groups excluding carboxylic acids is 1. The molecule has 7 nitrogen and oxygen atoms in total. The number of aromatic nitrogens is 2. The third-order valence-corrected chi connectivity index (χ3v) is 8.16. The van der Waals surface area contributed by atoms with Crippen LogP contribution >= 0.6 is 11.3 Å². The van der Waals surface area contributed by atoms with E-state index >= 15 is 0 Å². The number of ether oxygens (including phenoxy) is 1. The molecule has 3 heterocycles. The summed E-state index contributed by atoms with van der Waals surface area (Å²) < 4.78 is 9.74. The number of allylic oxidation sites excluding steroid dienone is 1. The van der Waals surface area contributed by atoms with Crippen LogP contribution in [0.15, 0.2) is 106 Å². The summed E-state index contributed by atoms with van der Waals surface area (Å²) in [6.45, 7) is 4.75. The number of hydrogen-bond acceptors (Lipinski definition) is 5. The monoisotopic (exact) mass is 548 g/mol.